The first kappa shape index (κ1) is 13.2. The summed E-state index contributed by atoms with van der Waals surface area (Å²) in [6.07, 6.45) is -5.27. The van der Waals surface area contributed by atoms with Crippen LogP contribution in [0.25, 0.3) is 0 Å². The lowest BCUT2D eigenvalue weighted by molar-refractivity contribution is -0.144. The van der Waals surface area contributed by atoms with E-state index in [1.54, 1.807) is 20.8 Å². The minimum Gasteiger partial charge on any atom is -0.391 e. The molecule has 16 heavy (non-hydrogen) atoms. The van der Waals surface area contributed by atoms with Gasteiger partial charge in [-0.25, -0.2) is 0 Å². The highest BCUT2D eigenvalue weighted by Gasteiger charge is 2.36. The second-order valence-electron chi connectivity index (χ2n) is 3.94. The Labute approximate surface area is 94.7 Å². The predicted octanol–water partition coefficient (Wildman–Crippen LogP) is 2.13. The van der Waals surface area contributed by atoms with Crippen molar-refractivity contribution in [3.63, 3.8) is 0 Å². The summed E-state index contributed by atoms with van der Waals surface area (Å²) >= 11 is 0.617. The van der Waals surface area contributed by atoms with Crippen LogP contribution < -0.4 is 5.32 Å². The Morgan fingerprint density at radius 3 is 2.31 bits per heavy atom. The standard InChI is InChI=1S/C8H12F3N3OS/c1-4(15)7(2,3)13-6-12-5(14-16-6)8(9,10)11/h4,15H,1-3H3,(H,12,13,14). The summed E-state index contributed by atoms with van der Waals surface area (Å²) in [5.41, 5.74) is -0.762. The van der Waals surface area contributed by atoms with Crippen molar-refractivity contribution in [2.24, 2.45) is 0 Å². The minimum absolute atomic E-state index is 0.0400. The molecular formula is C8H12F3N3OS. The fourth-order valence-corrected chi connectivity index (χ4v) is 1.52. The van der Waals surface area contributed by atoms with Gasteiger partial charge < -0.3 is 10.4 Å². The van der Waals surface area contributed by atoms with Crippen molar-refractivity contribution in [2.75, 3.05) is 5.32 Å². The van der Waals surface area contributed by atoms with Crippen LogP contribution in [-0.4, -0.2) is 26.1 Å². The molecule has 8 heteroatoms. The number of aromatic nitrogens is 2. The number of hydrogen-bond donors (Lipinski definition) is 2. The average molecular weight is 255 g/mol. The van der Waals surface area contributed by atoms with Crippen LogP contribution in [0, 0.1) is 0 Å². The Morgan fingerprint density at radius 2 is 1.94 bits per heavy atom. The van der Waals surface area contributed by atoms with E-state index in [9.17, 15) is 18.3 Å². The van der Waals surface area contributed by atoms with E-state index >= 15 is 0 Å². The summed E-state index contributed by atoms with van der Waals surface area (Å²) in [5.74, 6) is -1.17. The lowest BCUT2D eigenvalue weighted by Crippen LogP contribution is -2.41. The molecule has 0 spiro atoms. The van der Waals surface area contributed by atoms with Crippen LogP contribution in [0.2, 0.25) is 0 Å². The molecule has 0 aliphatic heterocycles. The zero-order chi connectivity index (χ0) is 12.6. The van der Waals surface area contributed by atoms with E-state index in [2.05, 4.69) is 14.7 Å². The maximum absolute atomic E-state index is 12.2. The third kappa shape index (κ3) is 3.05. The van der Waals surface area contributed by atoms with Gasteiger partial charge in [-0.15, -0.1) is 0 Å². The third-order valence-corrected chi connectivity index (χ3v) is 2.78. The molecule has 1 atom stereocenters. The Morgan fingerprint density at radius 1 is 1.38 bits per heavy atom. The fraction of sp³-hybridized carbons (Fsp3) is 0.750. The normalized spacial score (nSPS) is 14.9. The molecule has 1 heterocycles. The maximum atomic E-state index is 12.2. The first-order valence-electron chi connectivity index (χ1n) is 4.50. The number of alkyl halides is 3. The molecule has 4 nitrogen and oxygen atoms in total. The van der Waals surface area contributed by atoms with Gasteiger partial charge in [0.15, 0.2) is 0 Å². The summed E-state index contributed by atoms with van der Waals surface area (Å²) in [6.45, 7) is 4.86. The molecule has 1 rings (SSSR count). The topological polar surface area (TPSA) is 58.0 Å². The maximum Gasteiger partial charge on any atom is 0.452 e. The zero-order valence-corrected chi connectivity index (χ0v) is 9.78. The van der Waals surface area contributed by atoms with Gasteiger partial charge in [-0.2, -0.15) is 22.5 Å². The molecule has 1 unspecified atom stereocenters. The van der Waals surface area contributed by atoms with Gasteiger partial charge >= 0.3 is 6.18 Å². The largest absolute Gasteiger partial charge is 0.452 e. The molecular weight excluding hydrogens is 243 g/mol. The van der Waals surface area contributed by atoms with Gasteiger partial charge in [0, 0.05) is 11.5 Å². The summed E-state index contributed by atoms with van der Waals surface area (Å²) in [5, 5.41) is 12.1. The molecule has 0 aliphatic rings. The summed E-state index contributed by atoms with van der Waals surface area (Å²) < 4.78 is 39.8. The molecule has 92 valence electrons. The molecule has 0 bridgehead atoms. The number of anilines is 1. The van der Waals surface area contributed by atoms with Crippen LogP contribution in [0.4, 0.5) is 18.3 Å². The Hall–Kier alpha value is -0.890. The minimum atomic E-state index is -4.54. The molecule has 0 radical (unpaired) electrons. The quantitative estimate of drug-likeness (QED) is 0.868. The highest BCUT2D eigenvalue weighted by molar-refractivity contribution is 7.09. The van der Waals surface area contributed by atoms with Crippen molar-refractivity contribution in [3.8, 4) is 0 Å². The summed E-state index contributed by atoms with van der Waals surface area (Å²) in [7, 11) is 0. The van der Waals surface area contributed by atoms with Crippen LogP contribution in [0.1, 0.15) is 26.6 Å². The Bertz CT molecular complexity index is 362. The molecule has 0 amide bonds. The summed E-state index contributed by atoms with van der Waals surface area (Å²) in [6, 6.07) is 0. The predicted molar refractivity (Wildman–Crippen MR) is 54.3 cm³/mol. The van der Waals surface area contributed by atoms with Crippen molar-refractivity contribution in [1.29, 1.82) is 0 Å². The van der Waals surface area contributed by atoms with Crippen molar-refractivity contribution in [3.05, 3.63) is 5.82 Å². The first-order chi connectivity index (χ1) is 7.13. The van der Waals surface area contributed by atoms with Crippen molar-refractivity contribution < 1.29 is 18.3 Å². The monoisotopic (exact) mass is 255 g/mol. The van der Waals surface area contributed by atoms with Crippen LogP contribution >= 0.6 is 11.5 Å². The second-order valence-corrected chi connectivity index (χ2v) is 4.70. The molecule has 0 aromatic carbocycles. The average Bonchev–Trinajstić information content (AvgIpc) is 2.50. The van der Waals surface area contributed by atoms with E-state index in [1.165, 1.54) is 0 Å². The lowest BCUT2D eigenvalue weighted by Gasteiger charge is -2.28. The van der Waals surface area contributed by atoms with E-state index in [0.717, 1.165) is 0 Å². The molecule has 0 fully saturated rings. The summed E-state index contributed by atoms with van der Waals surface area (Å²) in [4.78, 5) is 3.31. The third-order valence-electron chi connectivity index (χ3n) is 2.15. The van der Waals surface area contributed by atoms with E-state index in [4.69, 9.17) is 0 Å². The van der Waals surface area contributed by atoms with Gasteiger partial charge in [0.1, 0.15) is 0 Å². The highest BCUT2D eigenvalue weighted by Crippen LogP contribution is 2.30. The van der Waals surface area contributed by atoms with Gasteiger partial charge in [0.05, 0.1) is 11.6 Å². The lowest BCUT2D eigenvalue weighted by atomic mass is 9.99. The van der Waals surface area contributed by atoms with Gasteiger partial charge in [-0.3, -0.25) is 0 Å². The number of nitrogens with one attached hydrogen (secondary N) is 1. The molecule has 0 saturated heterocycles. The van der Waals surface area contributed by atoms with E-state index < -0.39 is 23.6 Å². The SMILES string of the molecule is CC(O)C(C)(C)Nc1nc(C(F)(F)F)ns1. The van der Waals surface area contributed by atoms with Gasteiger partial charge in [0.25, 0.3) is 0 Å². The number of halogens is 3. The van der Waals surface area contributed by atoms with Crippen LogP contribution in [-0.2, 0) is 6.18 Å². The van der Waals surface area contributed by atoms with Crippen LogP contribution in [0.3, 0.4) is 0 Å². The smallest absolute Gasteiger partial charge is 0.391 e. The Kier molecular flexibility index (Phi) is 3.44. The van der Waals surface area contributed by atoms with Crippen LogP contribution in [0.5, 0.6) is 0 Å². The van der Waals surface area contributed by atoms with Gasteiger partial charge in [0.2, 0.25) is 11.0 Å². The molecule has 0 aliphatic carbocycles. The fourth-order valence-electron chi connectivity index (χ4n) is 0.769. The van der Waals surface area contributed by atoms with Crippen LogP contribution in [0.15, 0.2) is 0 Å². The van der Waals surface area contributed by atoms with Gasteiger partial charge in [-0.05, 0) is 20.8 Å². The number of aliphatic hydroxyl groups excluding tert-OH is 1. The number of hydrogen-bond acceptors (Lipinski definition) is 5. The van der Waals surface area contributed by atoms with Crippen molar-refractivity contribution >= 4 is 16.7 Å². The van der Waals surface area contributed by atoms with Gasteiger partial charge in [-0.1, -0.05) is 0 Å². The Balaban J connectivity index is 2.81. The first-order valence-corrected chi connectivity index (χ1v) is 5.27. The van der Waals surface area contributed by atoms with Crippen molar-refractivity contribution in [1.82, 2.24) is 9.36 Å². The number of aliphatic hydroxyl groups is 1. The number of nitrogens with zero attached hydrogens (tertiary/aromatic N) is 2. The second kappa shape index (κ2) is 4.17. The van der Waals surface area contributed by atoms with E-state index in [-0.39, 0.29) is 5.13 Å². The molecule has 2 N–H and O–H groups in total. The van der Waals surface area contributed by atoms with Crippen molar-refractivity contribution in [2.45, 2.75) is 38.6 Å². The highest BCUT2D eigenvalue weighted by atomic mass is 32.1. The molecule has 1 aromatic heterocycles. The van der Waals surface area contributed by atoms with E-state index in [1.807, 2.05) is 0 Å². The number of rotatable bonds is 3. The van der Waals surface area contributed by atoms with E-state index in [0.29, 0.717) is 11.5 Å². The molecule has 0 saturated carbocycles. The zero-order valence-electron chi connectivity index (χ0n) is 8.96. The molecule has 1 aromatic rings.